The topological polar surface area (TPSA) is 25.8 Å². The first-order valence-electron chi connectivity index (χ1n) is 5.19. The van der Waals surface area contributed by atoms with Gasteiger partial charge in [-0.3, -0.25) is 9.97 Å². The van der Waals surface area contributed by atoms with Gasteiger partial charge in [-0.15, -0.1) is 0 Å². The van der Waals surface area contributed by atoms with Gasteiger partial charge < -0.3 is 0 Å². The highest BCUT2D eigenvalue weighted by Gasteiger charge is 2.03. The van der Waals surface area contributed by atoms with Crippen LogP contribution in [-0.4, -0.2) is 9.97 Å². The van der Waals surface area contributed by atoms with Crippen molar-refractivity contribution in [1.82, 2.24) is 9.97 Å². The summed E-state index contributed by atoms with van der Waals surface area (Å²) in [5.41, 5.74) is 2.12. The van der Waals surface area contributed by atoms with Gasteiger partial charge in [0.05, 0.1) is 5.69 Å². The summed E-state index contributed by atoms with van der Waals surface area (Å²) in [5, 5.41) is 2.39. The number of fused-ring (bicyclic) bond motifs is 1. The average Bonchev–Trinajstić information content (AvgIpc) is 2.39. The molecule has 0 spiro atoms. The van der Waals surface area contributed by atoms with Crippen molar-refractivity contribution in [1.29, 1.82) is 0 Å². The van der Waals surface area contributed by atoms with Gasteiger partial charge in [0.15, 0.2) is 0 Å². The molecular formula is C14H10N2. The summed E-state index contributed by atoms with van der Waals surface area (Å²) in [6.07, 6.45) is 5.43. The van der Waals surface area contributed by atoms with E-state index in [0.717, 1.165) is 11.3 Å². The maximum absolute atomic E-state index is 4.45. The maximum atomic E-state index is 4.45. The van der Waals surface area contributed by atoms with Crippen LogP contribution >= 0.6 is 0 Å². The Morgan fingerprint density at radius 2 is 1.56 bits per heavy atom. The maximum Gasteiger partial charge on any atom is 0.0781 e. The first-order chi connectivity index (χ1) is 7.95. The molecule has 0 unspecified atom stereocenters. The van der Waals surface area contributed by atoms with Gasteiger partial charge in [-0.2, -0.15) is 0 Å². The zero-order valence-corrected chi connectivity index (χ0v) is 8.67. The summed E-state index contributed by atoms with van der Waals surface area (Å²) in [4.78, 5) is 8.47. The number of pyridine rings is 2. The molecule has 2 heterocycles. The van der Waals surface area contributed by atoms with Gasteiger partial charge in [0.1, 0.15) is 0 Å². The molecule has 76 valence electrons. The molecule has 0 amide bonds. The Kier molecular flexibility index (Phi) is 2.11. The van der Waals surface area contributed by atoms with Crippen molar-refractivity contribution in [3.8, 4) is 11.3 Å². The van der Waals surface area contributed by atoms with Crippen LogP contribution in [0, 0.1) is 0 Å². The zero-order valence-electron chi connectivity index (χ0n) is 8.67. The van der Waals surface area contributed by atoms with Crippen LogP contribution in [0.1, 0.15) is 0 Å². The lowest BCUT2D eigenvalue weighted by Crippen LogP contribution is -1.85. The van der Waals surface area contributed by atoms with Crippen molar-refractivity contribution in [2.75, 3.05) is 0 Å². The van der Waals surface area contributed by atoms with Gasteiger partial charge in [-0.05, 0) is 23.6 Å². The number of hydrogen-bond acceptors (Lipinski definition) is 2. The Morgan fingerprint density at radius 1 is 0.750 bits per heavy atom. The fourth-order valence-corrected chi connectivity index (χ4v) is 1.86. The Balaban J connectivity index is 2.32. The van der Waals surface area contributed by atoms with E-state index in [1.165, 1.54) is 10.8 Å². The fourth-order valence-electron chi connectivity index (χ4n) is 1.86. The number of hydrogen-bond donors (Lipinski definition) is 0. The SMILES string of the molecule is c1ccc2c(-c3ccncc3)nccc2c1. The number of benzene rings is 1. The molecular weight excluding hydrogens is 196 g/mol. The summed E-state index contributed by atoms with van der Waals surface area (Å²) in [6.45, 7) is 0. The summed E-state index contributed by atoms with van der Waals surface area (Å²) < 4.78 is 0. The Hall–Kier alpha value is -2.22. The molecule has 2 nitrogen and oxygen atoms in total. The molecule has 0 aliphatic heterocycles. The van der Waals surface area contributed by atoms with Crippen molar-refractivity contribution in [2.45, 2.75) is 0 Å². The molecule has 0 aliphatic rings. The van der Waals surface area contributed by atoms with Crippen LogP contribution in [0.3, 0.4) is 0 Å². The van der Waals surface area contributed by atoms with Crippen LogP contribution in [0.4, 0.5) is 0 Å². The Labute approximate surface area is 93.6 Å². The molecule has 3 rings (SSSR count). The predicted molar refractivity (Wildman–Crippen MR) is 65.0 cm³/mol. The second-order valence-electron chi connectivity index (χ2n) is 3.62. The van der Waals surface area contributed by atoms with E-state index in [0.29, 0.717) is 0 Å². The summed E-state index contributed by atoms with van der Waals surface area (Å²) in [5.74, 6) is 0. The zero-order chi connectivity index (χ0) is 10.8. The lowest BCUT2D eigenvalue weighted by molar-refractivity contribution is 1.30. The van der Waals surface area contributed by atoms with Crippen molar-refractivity contribution in [3.05, 3.63) is 61.1 Å². The Bertz CT molecular complexity index is 612. The minimum atomic E-state index is 1.01. The van der Waals surface area contributed by atoms with Gasteiger partial charge in [0.2, 0.25) is 0 Å². The summed E-state index contributed by atoms with van der Waals surface area (Å²) >= 11 is 0. The summed E-state index contributed by atoms with van der Waals surface area (Å²) in [7, 11) is 0. The molecule has 16 heavy (non-hydrogen) atoms. The van der Waals surface area contributed by atoms with Crippen molar-refractivity contribution in [2.24, 2.45) is 0 Å². The van der Waals surface area contributed by atoms with Crippen molar-refractivity contribution < 1.29 is 0 Å². The van der Waals surface area contributed by atoms with E-state index in [4.69, 9.17) is 0 Å². The molecule has 1 aromatic carbocycles. The van der Waals surface area contributed by atoms with Gasteiger partial charge in [-0.1, -0.05) is 24.3 Å². The molecule has 2 heteroatoms. The Morgan fingerprint density at radius 3 is 2.44 bits per heavy atom. The van der Waals surface area contributed by atoms with Crippen LogP contribution in [0.15, 0.2) is 61.1 Å². The van der Waals surface area contributed by atoms with Crippen LogP contribution in [0.25, 0.3) is 22.0 Å². The number of nitrogens with zero attached hydrogens (tertiary/aromatic N) is 2. The molecule has 2 aromatic heterocycles. The second-order valence-corrected chi connectivity index (χ2v) is 3.62. The van der Waals surface area contributed by atoms with Crippen LogP contribution in [0.2, 0.25) is 0 Å². The number of aromatic nitrogens is 2. The smallest absolute Gasteiger partial charge is 0.0781 e. The molecule has 0 bridgehead atoms. The highest BCUT2D eigenvalue weighted by atomic mass is 14.7. The minimum Gasteiger partial charge on any atom is -0.265 e. The van der Waals surface area contributed by atoms with E-state index in [2.05, 4.69) is 22.1 Å². The van der Waals surface area contributed by atoms with Crippen LogP contribution < -0.4 is 0 Å². The fraction of sp³-hybridized carbons (Fsp3) is 0. The van der Waals surface area contributed by atoms with E-state index in [1.807, 2.05) is 36.5 Å². The van der Waals surface area contributed by atoms with E-state index in [-0.39, 0.29) is 0 Å². The van der Waals surface area contributed by atoms with Crippen LogP contribution in [0.5, 0.6) is 0 Å². The van der Waals surface area contributed by atoms with Crippen LogP contribution in [-0.2, 0) is 0 Å². The standard InChI is InChI=1S/C14H10N2/c1-2-4-13-11(3-1)7-10-16-14(13)12-5-8-15-9-6-12/h1-10H. The molecule has 0 N–H and O–H groups in total. The van der Waals surface area contributed by atoms with Crippen molar-refractivity contribution in [3.63, 3.8) is 0 Å². The largest absolute Gasteiger partial charge is 0.265 e. The van der Waals surface area contributed by atoms with Gasteiger partial charge in [0, 0.05) is 29.5 Å². The third kappa shape index (κ3) is 1.44. The quantitative estimate of drug-likeness (QED) is 0.610. The first kappa shape index (κ1) is 9.04. The van der Waals surface area contributed by atoms with E-state index in [1.54, 1.807) is 12.4 Å². The average molecular weight is 206 g/mol. The summed E-state index contributed by atoms with van der Waals surface area (Å²) in [6, 6.07) is 14.3. The third-order valence-electron chi connectivity index (χ3n) is 2.63. The second kappa shape index (κ2) is 3.74. The monoisotopic (exact) mass is 206 g/mol. The molecule has 0 atom stereocenters. The molecule has 0 aliphatic carbocycles. The molecule has 0 radical (unpaired) electrons. The van der Waals surface area contributed by atoms with E-state index < -0.39 is 0 Å². The van der Waals surface area contributed by atoms with E-state index >= 15 is 0 Å². The first-order valence-corrected chi connectivity index (χ1v) is 5.19. The highest BCUT2D eigenvalue weighted by molar-refractivity contribution is 5.94. The minimum absolute atomic E-state index is 1.01. The van der Waals surface area contributed by atoms with Crippen molar-refractivity contribution >= 4 is 10.8 Å². The molecule has 3 aromatic rings. The van der Waals surface area contributed by atoms with E-state index in [9.17, 15) is 0 Å². The lowest BCUT2D eigenvalue weighted by Gasteiger charge is -2.04. The predicted octanol–water partition coefficient (Wildman–Crippen LogP) is 3.30. The third-order valence-corrected chi connectivity index (χ3v) is 2.63. The van der Waals surface area contributed by atoms with Gasteiger partial charge >= 0.3 is 0 Å². The molecule has 0 saturated carbocycles. The van der Waals surface area contributed by atoms with Gasteiger partial charge in [-0.25, -0.2) is 0 Å². The molecule has 0 fully saturated rings. The molecule has 0 saturated heterocycles. The highest BCUT2D eigenvalue weighted by Crippen LogP contribution is 2.25. The lowest BCUT2D eigenvalue weighted by atomic mass is 10.1. The normalized spacial score (nSPS) is 10.5. The number of rotatable bonds is 1. The van der Waals surface area contributed by atoms with Gasteiger partial charge in [0.25, 0.3) is 0 Å².